The number of benzene rings is 1. The summed E-state index contributed by atoms with van der Waals surface area (Å²) in [5, 5.41) is 8.86. The summed E-state index contributed by atoms with van der Waals surface area (Å²) in [7, 11) is 0. The predicted molar refractivity (Wildman–Crippen MR) is 60.9 cm³/mol. The van der Waals surface area contributed by atoms with Gasteiger partial charge in [-0.1, -0.05) is 15.9 Å². The molecule has 1 aromatic rings. The Morgan fingerprint density at radius 2 is 2.25 bits per heavy atom. The second-order valence-electron chi connectivity index (χ2n) is 2.45. The molecule has 1 aromatic carbocycles. The summed E-state index contributed by atoms with van der Waals surface area (Å²) >= 11 is 5.59. The lowest BCUT2D eigenvalue weighted by atomic mass is 10.1. The van der Waals surface area contributed by atoms with Gasteiger partial charge in [-0.05, 0) is 46.4 Å². The highest BCUT2D eigenvalue weighted by Crippen LogP contribution is 2.23. The molecule has 0 heterocycles. The number of hydrogen-bond acceptors (Lipinski definition) is 2. The minimum absolute atomic E-state index is 0.0291. The van der Waals surface area contributed by atoms with E-state index < -0.39 is 0 Å². The monoisotopic (exact) mass is 341 g/mol. The maximum absolute atomic E-state index is 8.86. The van der Waals surface area contributed by atoms with Crippen LogP contribution in [0.1, 0.15) is 11.6 Å². The third-order valence-electron chi connectivity index (χ3n) is 1.55. The standard InChI is InChI=1S/C8H9BrINO/c9-7-2-1-5(10)3-6(7)8(11)4-12/h1-3,8,12H,4,11H2/t8-/m1/s1. The van der Waals surface area contributed by atoms with Crippen LogP contribution < -0.4 is 5.73 Å². The van der Waals surface area contributed by atoms with Crippen molar-refractivity contribution in [1.82, 2.24) is 0 Å². The molecule has 0 aliphatic carbocycles. The van der Waals surface area contributed by atoms with Crippen molar-refractivity contribution in [2.75, 3.05) is 6.61 Å². The van der Waals surface area contributed by atoms with Crippen LogP contribution in [0, 0.1) is 3.57 Å². The molecule has 0 amide bonds. The van der Waals surface area contributed by atoms with Crippen LogP contribution in [0.5, 0.6) is 0 Å². The van der Waals surface area contributed by atoms with Crippen LogP contribution in [0.2, 0.25) is 0 Å². The molecular formula is C8H9BrINO. The minimum Gasteiger partial charge on any atom is -0.394 e. The van der Waals surface area contributed by atoms with E-state index in [1.54, 1.807) is 0 Å². The lowest BCUT2D eigenvalue weighted by Gasteiger charge is -2.10. The van der Waals surface area contributed by atoms with Crippen molar-refractivity contribution in [2.24, 2.45) is 5.73 Å². The van der Waals surface area contributed by atoms with Gasteiger partial charge in [0.05, 0.1) is 12.6 Å². The van der Waals surface area contributed by atoms with Crippen LogP contribution in [0.25, 0.3) is 0 Å². The molecule has 0 bridgehead atoms. The summed E-state index contributed by atoms with van der Waals surface area (Å²) < 4.78 is 2.07. The Morgan fingerprint density at radius 3 is 2.83 bits per heavy atom. The summed E-state index contributed by atoms with van der Waals surface area (Å²) in [6, 6.07) is 5.59. The number of aliphatic hydroxyl groups is 1. The molecule has 2 nitrogen and oxygen atoms in total. The molecule has 0 aliphatic heterocycles. The van der Waals surface area contributed by atoms with Crippen LogP contribution in [-0.4, -0.2) is 11.7 Å². The van der Waals surface area contributed by atoms with E-state index in [-0.39, 0.29) is 12.6 Å². The first-order valence-electron chi connectivity index (χ1n) is 3.46. The Kier molecular flexibility index (Phi) is 3.95. The van der Waals surface area contributed by atoms with Gasteiger partial charge in [0.15, 0.2) is 0 Å². The molecule has 0 saturated carbocycles. The van der Waals surface area contributed by atoms with Crippen LogP contribution in [0.3, 0.4) is 0 Å². The molecule has 0 aliphatic rings. The number of rotatable bonds is 2. The zero-order chi connectivity index (χ0) is 9.14. The van der Waals surface area contributed by atoms with E-state index in [0.29, 0.717) is 0 Å². The largest absolute Gasteiger partial charge is 0.394 e. The van der Waals surface area contributed by atoms with Gasteiger partial charge in [0, 0.05) is 8.04 Å². The minimum atomic E-state index is -0.297. The Labute approximate surface area is 93.4 Å². The van der Waals surface area contributed by atoms with Gasteiger partial charge < -0.3 is 10.8 Å². The number of halogens is 2. The van der Waals surface area contributed by atoms with E-state index in [9.17, 15) is 0 Å². The molecule has 12 heavy (non-hydrogen) atoms. The van der Waals surface area contributed by atoms with Crippen molar-refractivity contribution in [1.29, 1.82) is 0 Å². The highest BCUT2D eigenvalue weighted by atomic mass is 127. The second kappa shape index (κ2) is 4.55. The maximum atomic E-state index is 8.86. The first-order chi connectivity index (χ1) is 5.65. The average Bonchev–Trinajstić information content (AvgIpc) is 2.08. The fourth-order valence-corrected chi connectivity index (χ4v) is 1.95. The molecule has 3 N–H and O–H groups in total. The van der Waals surface area contributed by atoms with Crippen LogP contribution in [0.4, 0.5) is 0 Å². The van der Waals surface area contributed by atoms with E-state index in [4.69, 9.17) is 10.8 Å². The number of aliphatic hydroxyl groups excluding tert-OH is 1. The maximum Gasteiger partial charge on any atom is 0.0624 e. The van der Waals surface area contributed by atoms with E-state index in [1.807, 2.05) is 18.2 Å². The van der Waals surface area contributed by atoms with Crippen molar-refractivity contribution in [3.8, 4) is 0 Å². The SMILES string of the molecule is N[C@H](CO)c1cc(I)ccc1Br. The second-order valence-corrected chi connectivity index (χ2v) is 4.55. The fraction of sp³-hybridized carbons (Fsp3) is 0.250. The molecule has 1 rings (SSSR count). The van der Waals surface area contributed by atoms with Gasteiger partial charge >= 0.3 is 0 Å². The van der Waals surface area contributed by atoms with Gasteiger partial charge in [-0.25, -0.2) is 0 Å². The summed E-state index contributed by atoms with van der Waals surface area (Å²) in [6.45, 7) is -0.0291. The highest BCUT2D eigenvalue weighted by Gasteiger charge is 2.08. The first-order valence-corrected chi connectivity index (χ1v) is 5.33. The van der Waals surface area contributed by atoms with E-state index in [1.165, 1.54) is 0 Å². The lowest BCUT2D eigenvalue weighted by Crippen LogP contribution is -2.15. The topological polar surface area (TPSA) is 46.2 Å². The molecule has 1 atom stereocenters. The molecule has 0 aromatic heterocycles. The van der Waals surface area contributed by atoms with E-state index >= 15 is 0 Å². The van der Waals surface area contributed by atoms with Gasteiger partial charge in [0.25, 0.3) is 0 Å². The summed E-state index contributed by atoms with van der Waals surface area (Å²) in [5.74, 6) is 0. The summed E-state index contributed by atoms with van der Waals surface area (Å²) in [6.07, 6.45) is 0. The van der Waals surface area contributed by atoms with Crippen molar-refractivity contribution in [2.45, 2.75) is 6.04 Å². The van der Waals surface area contributed by atoms with Crippen LogP contribution in [-0.2, 0) is 0 Å². The van der Waals surface area contributed by atoms with Gasteiger partial charge in [-0.15, -0.1) is 0 Å². The molecule has 0 spiro atoms. The third kappa shape index (κ3) is 2.42. The molecular weight excluding hydrogens is 333 g/mol. The van der Waals surface area contributed by atoms with Crippen molar-refractivity contribution in [3.63, 3.8) is 0 Å². The van der Waals surface area contributed by atoms with Gasteiger partial charge in [0.2, 0.25) is 0 Å². The van der Waals surface area contributed by atoms with Crippen molar-refractivity contribution >= 4 is 38.5 Å². The Morgan fingerprint density at radius 1 is 1.58 bits per heavy atom. The zero-order valence-electron chi connectivity index (χ0n) is 6.30. The van der Waals surface area contributed by atoms with Gasteiger partial charge in [0.1, 0.15) is 0 Å². The third-order valence-corrected chi connectivity index (χ3v) is 2.95. The van der Waals surface area contributed by atoms with Gasteiger partial charge in [-0.3, -0.25) is 0 Å². The normalized spacial score (nSPS) is 13.0. The van der Waals surface area contributed by atoms with Crippen LogP contribution in [0.15, 0.2) is 22.7 Å². The molecule has 0 radical (unpaired) electrons. The molecule has 0 fully saturated rings. The van der Waals surface area contributed by atoms with Gasteiger partial charge in [-0.2, -0.15) is 0 Å². The lowest BCUT2D eigenvalue weighted by molar-refractivity contribution is 0.267. The number of hydrogen-bond donors (Lipinski definition) is 2. The van der Waals surface area contributed by atoms with Crippen molar-refractivity contribution < 1.29 is 5.11 Å². The summed E-state index contributed by atoms with van der Waals surface area (Å²) in [5.41, 5.74) is 6.63. The zero-order valence-corrected chi connectivity index (χ0v) is 10.0. The van der Waals surface area contributed by atoms with E-state index in [0.717, 1.165) is 13.6 Å². The van der Waals surface area contributed by atoms with E-state index in [2.05, 4.69) is 38.5 Å². The summed E-state index contributed by atoms with van der Waals surface area (Å²) in [4.78, 5) is 0. The molecule has 0 unspecified atom stereocenters. The smallest absolute Gasteiger partial charge is 0.0624 e. The fourth-order valence-electron chi connectivity index (χ4n) is 0.897. The quantitative estimate of drug-likeness (QED) is 0.809. The Balaban J connectivity index is 3.04. The Hall–Kier alpha value is 0.350. The van der Waals surface area contributed by atoms with Crippen LogP contribution >= 0.6 is 38.5 Å². The van der Waals surface area contributed by atoms with Crippen molar-refractivity contribution in [3.05, 3.63) is 31.8 Å². The molecule has 0 saturated heterocycles. The first kappa shape index (κ1) is 10.4. The predicted octanol–water partition coefficient (Wildman–Crippen LogP) is 2.05. The average molecular weight is 342 g/mol. The number of nitrogens with two attached hydrogens (primary N) is 1. The highest BCUT2D eigenvalue weighted by molar-refractivity contribution is 14.1. The molecule has 4 heteroatoms. The molecule has 66 valence electrons. The Bertz CT molecular complexity index is 280.